The quantitative estimate of drug-likeness (QED) is 0.451. The number of ether oxygens (including phenoxy) is 2. The molecular weight excluding hydrogens is 415 g/mol. The van der Waals surface area contributed by atoms with Crippen LogP contribution in [-0.4, -0.2) is 18.1 Å². The highest BCUT2D eigenvalue weighted by Gasteiger charge is 2.31. The first-order valence-electron chi connectivity index (χ1n) is 9.52. The van der Waals surface area contributed by atoms with Crippen molar-refractivity contribution in [2.45, 2.75) is 6.61 Å². The van der Waals surface area contributed by atoms with Crippen LogP contribution < -0.4 is 19.7 Å². The number of hydrogen-bond donors (Lipinski definition) is 1. The lowest BCUT2D eigenvalue weighted by molar-refractivity contribution is -0.113. The number of carbonyl (C=O) groups is 1. The van der Waals surface area contributed by atoms with Crippen LogP contribution in [0.2, 0.25) is 0 Å². The first kappa shape index (κ1) is 20.6. The fourth-order valence-corrected chi connectivity index (χ4v) is 3.50. The molecule has 0 radical (unpaired) electrons. The Morgan fingerprint density at radius 3 is 2.52 bits per heavy atom. The van der Waals surface area contributed by atoms with Gasteiger partial charge in [-0.2, -0.15) is 0 Å². The van der Waals surface area contributed by atoms with Crippen LogP contribution >= 0.6 is 12.2 Å². The van der Waals surface area contributed by atoms with E-state index in [4.69, 9.17) is 21.7 Å². The summed E-state index contributed by atoms with van der Waals surface area (Å²) < 4.78 is 24.2. The predicted molar refractivity (Wildman–Crippen MR) is 121 cm³/mol. The Bertz CT molecular complexity index is 1150. The van der Waals surface area contributed by atoms with E-state index in [9.17, 15) is 9.18 Å². The second-order valence-electron chi connectivity index (χ2n) is 6.78. The van der Waals surface area contributed by atoms with Crippen molar-refractivity contribution in [3.05, 3.63) is 95.4 Å². The number of nitrogens with one attached hydrogen (secondary N) is 1. The summed E-state index contributed by atoms with van der Waals surface area (Å²) in [6.45, 7) is 0.224. The van der Waals surface area contributed by atoms with Crippen molar-refractivity contribution in [2.24, 2.45) is 0 Å². The third-order valence-electron chi connectivity index (χ3n) is 4.72. The van der Waals surface area contributed by atoms with Crippen LogP contribution in [0.5, 0.6) is 11.5 Å². The van der Waals surface area contributed by atoms with E-state index in [1.165, 1.54) is 17.0 Å². The average molecular weight is 434 g/mol. The Hall–Kier alpha value is -3.71. The molecule has 3 aromatic carbocycles. The van der Waals surface area contributed by atoms with Gasteiger partial charge in [0, 0.05) is 5.56 Å². The number of methoxy groups -OCH3 is 1. The molecule has 0 saturated carbocycles. The molecular formula is C24H19FN2O3S. The second kappa shape index (κ2) is 8.97. The number of thiocarbonyl (C=S) groups is 1. The van der Waals surface area contributed by atoms with Gasteiger partial charge in [-0.25, -0.2) is 4.39 Å². The summed E-state index contributed by atoms with van der Waals surface area (Å²) >= 11 is 5.35. The normalized spacial score (nSPS) is 14.6. The van der Waals surface area contributed by atoms with Crippen LogP contribution in [0.25, 0.3) is 6.08 Å². The highest BCUT2D eigenvalue weighted by Crippen LogP contribution is 2.26. The van der Waals surface area contributed by atoms with E-state index >= 15 is 0 Å². The number of hydrogen-bond acceptors (Lipinski definition) is 4. The van der Waals surface area contributed by atoms with Gasteiger partial charge in [0.25, 0.3) is 5.91 Å². The highest BCUT2D eigenvalue weighted by atomic mass is 32.1. The van der Waals surface area contributed by atoms with E-state index in [2.05, 4.69) is 5.32 Å². The second-order valence-corrected chi connectivity index (χ2v) is 7.16. The smallest absolute Gasteiger partial charge is 0.281 e. The van der Waals surface area contributed by atoms with Crippen molar-refractivity contribution in [3.63, 3.8) is 0 Å². The van der Waals surface area contributed by atoms with Gasteiger partial charge >= 0.3 is 0 Å². The minimum absolute atomic E-state index is 0.224. The number of rotatable bonds is 6. The Kier molecular flexibility index (Phi) is 5.95. The maximum Gasteiger partial charge on any atom is 0.281 e. The van der Waals surface area contributed by atoms with Crippen molar-refractivity contribution in [2.75, 3.05) is 12.0 Å². The van der Waals surface area contributed by atoms with Gasteiger partial charge in [0.05, 0.1) is 12.8 Å². The molecule has 0 unspecified atom stereocenters. The molecule has 1 N–H and O–H groups in total. The maximum atomic E-state index is 13.1. The number of para-hydroxylation sites is 1. The SMILES string of the molecule is COc1ccc(/C=C2/NC(=S)N(c3ccccc3)C2=O)cc1COc1ccc(F)cc1. The van der Waals surface area contributed by atoms with Gasteiger partial charge in [-0.1, -0.05) is 24.3 Å². The molecule has 7 heteroatoms. The van der Waals surface area contributed by atoms with Crippen LogP contribution in [0.3, 0.4) is 0 Å². The highest BCUT2D eigenvalue weighted by molar-refractivity contribution is 7.80. The zero-order valence-corrected chi connectivity index (χ0v) is 17.5. The van der Waals surface area contributed by atoms with Gasteiger partial charge in [0.2, 0.25) is 0 Å². The molecule has 1 saturated heterocycles. The molecule has 1 amide bonds. The lowest BCUT2D eigenvalue weighted by atomic mass is 10.1. The van der Waals surface area contributed by atoms with Crippen molar-refractivity contribution in [1.82, 2.24) is 5.32 Å². The van der Waals surface area contributed by atoms with Gasteiger partial charge in [-0.15, -0.1) is 0 Å². The maximum absolute atomic E-state index is 13.1. The Labute approximate surface area is 184 Å². The zero-order chi connectivity index (χ0) is 21.8. The first-order chi connectivity index (χ1) is 15.0. The van der Waals surface area contributed by atoms with Crippen LogP contribution in [-0.2, 0) is 11.4 Å². The topological polar surface area (TPSA) is 50.8 Å². The molecule has 3 aromatic rings. The minimum Gasteiger partial charge on any atom is -0.496 e. The minimum atomic E-state index is -0.324. The summed E-state index contributed by atoms with van der Waals surface area (Å²) in [4.78, 5) is 14.4. The third-order valence-corrected chi connectivity index (χ3v) is 5.00. The van der Waals surface area contributed by atoms with Crippen molar-refractivity contribution >= 4 is 35.0 Å². The van der Waals surface area contributed by atoms with Crippen LogP contribution in [0, 0.1) is 5.82 Å². The van der Waals surface area contributed by atoms with Gasteiger partial charge in [0.15, 0.2) is 5.11 Å². The van der Waals surface area contributed by atoms with Gasteiger partial charge in [0.1, 0.15) is 29.6 Å². The van der Waals surface area contributed by atoms with Crippen molar-refractivity contribution in [1.29, 1.82) is 0 Å². The molecule has 1 fully saturated rings. The summed E-state index contributed by atoms with van der Waals surface area (Å²) in [6.07, 6.45) is 1.73. The fourth-order valence-electron chi connectivity index (χ4n) is 3.21. The van der Waals surface area contributed by atoms with Gasteiger partial charge in [-0.05, 0) is 72.4 Å². The average Bonchev–Trinajstić information content (AvgIpc) is 3.06. The largest absolute Gasteiger partial charge is 0.496 e. The molecule has 0 bridgehead atoms. The molecule has 0 spiro atoms. The van der Waals surface area contributed by atoms with E-state index in [1.807, 2.05) is 48.5 Å². The Morgan fingerprint density at radius 1 is 1.06 bits per heavy atom. The Morgan fingerprint density at radius 2 is 1.81 bits per heavy atom. The van der Waals surface area contributed by atoms with Crippen molar-refractivity contribution in [3.8, 4) is 11.5 Å². The van der Waals surface area contributed by atoms with Gasteiger partial charge in [-0.3, -0.25) is 9.69 Å². The monoisotopic (exact) mass is 434 g/mol. The first-order valence-corrected chi connectivity index (χ1v) is 9.93. The number of halogens is 1. The lowest BCUT2D eigenvalue weighted by Gasteiger charge is -2.13. The third kappa shape index (κ3) is 4.57. The summed E-state index contributed by atoms with van der Waals surface area (Å²) in [5.41, 5.74) is 2.65. The number of amides is 1. The van der Waals surface area contributed by atoms with Crippen molar-refractivity contribution < 1.29 is 18.7 Å². The van der Waals surface area contributed by atoms with Crippen LogP contribution in [0.4, 0.5) is 10.1 Å². The van der Waals surface area contributed by atoms with E-state index in [-0.39, 0.29) is 18.3 Å². The van der Waals surface area contributed by atoms with Gasteiger partial charge < -0.3 is 14.8 Å². The number of nitrogens with zero attached hydrogens (tertiary/aromatic N) is 1. The fraction of sp³-hybridized carbons (Fsp3) is 0.0833. The predicted octanol–water partition coefficient (Wildman–Crippen LogP) is 4.68. The summed E-state index contributed by atoms with van der Waals surface area (Å²) in [7, 11) is 1.58. The van der Waals surface area contributed by atoms with Crippen LogP contribution in [0.1, 0.15) is 11.1 Å². The summed E-state index contributed by atoms with van der Waals surface area (Å²) in [6, 6.07) is 20.6. The number of benzene rings is 3. The van der Waals surface area contributed by atoms with E-state index < -0.39 is 0 Å². The molecule has 31 heavy (non-hydrogen) atoms. The standard InChI is InChI=1S/C24H19FN2O3S/c1-29-22-12-7-16(13-17(22)15-30-20-10-8-18(25)9-11-20)14-21-23(28)27(24(31)26-21)19-5-3-2-4-6-19/h2-14H,15H2,1H3,(H,26,31)/b21-14+. The summed E-state index contributed by atoms with van der Waals surface area (Å²) in [5, 5.41) is 3.31. The van der Waals surface area contributed by atoms with Crippen LogP contribution in [0.15, 0.2) is 78.5 Å². The number of carbonyl (C=O) groups excluding carboxylic acids is 1. The Balaban J connectivity index is 1.56. The molecule has 0 aliphatic carbocycles. The van der Waals surface area contributed by atoms with E-state index in [0.717, 1.165) is 11.1 Å². The van der Waals surface area contributed by atoms with E-state index in [1.54, 1.807) is 25.3 Å². The van der Waals surface area contributed by atoms with E-state index in [0.29, 0.717) is 28.0 Å². The molecule has 156 valence electrons. The molecule has 1 heterocycles. The molecule has 1 aliphatic heterocycles. The molecule has 0 atom stereocenters. The molecule has 1 aliphatic rings. The molecule has 4 rings (SSSR count). The summed E-state index contributed by atoms with van der Waals surface area (Å²) in [5.74, 6) is 0.644. The molecule has 5 nitrogen and oxygen atoms in total. The number of anilines is 1. The zero-order valence-electron chi connectivity index (χ0n) is 16.7. The lowest BCUT2D eigenvalue weighted by Crippen LogP contribution is -2.30. The molecule has 0 aromatic heterocycles.